The number of hydrogen-bond donors (Lipinski definition) is 2. The van der Waals surface area contributed by atoms with Gasteiger partial charge in [-0.2, -0.15) is 9.36 Å². The van der Waals surface area contributed by atoms with Crippen LogP contribution in [-0.2, 0) is 4.79 Å². The number of benzene rings is 2. The Labute approximate surface area is 146 Å². The van der Waals surface area contributed by atoms with Crippen molar-refractivity contribution in [2.45, 2.75) is 0 Å². The number of nitrogens with zero attached hydrogens (tertiary/aromatic N) is 2. The van der Waals surface area contributed by atoms with Crippen LogP contribution in [0, 0.1) is 5.82 Å². The summed E-state index contributed by atoms with van der Waals surface area (Å²) in [5.74, 6) is -0.792. The minimum absolute atomic E-state index is 0.226. The first kappa shape index (κ1) is 16.7. The van der Waals surface area contributed by atoms with Crippen LogP contribution in [-0.4, -0.2) is 27.7 Å². The summed E-state index contributed by atoms with van der Waals surface area (Å²) < 4.78 is 17.0. The van der Waals surface area contributed by atoms with E-state index in [2.05, 4.69) is 20.0 Å². The topological polar surface area (TPSA) is 84.0 Å². The highest BCUT2D eigenvalue weighted by molar-refractivity contribution is 7.10. The zero-order valence-electron chi connectivity index (χ0n) is 12.9. The second kappa shape index (κ2) is 7.63. The first-order chi connectivity index (χ1) is 12.1. The molecule has 1 aromatic heterocycles. The molecule has 0 aliphatic heterocycles. The van der Waals surface area contributed by atoms with E-state index in [0.29, 0.717) is 11.0 Å². The fourth-order valence-electron chi connectivity index (χ4n) is 2.01. The molecule has 0 atom stereocenters. The molecule has 0 fully saturated rings. The molecule has 3 rings (SSSR count). The van der Waals surface area contributed by atoms with Crippen molar-refractivity contribution in [3.8, 4) is 11.4 Å². The Morgan fingerprint density at radius 1 is 1.04 bits per heavy atom. The largest absolute Gasteiger partial charge is 0.343 e. The second-order valence-corrected chi connectivity index (χ2v) is 5.78. The average Bonchev–Trinajstić information content (AvgIpc) is 3.09. The van der Waals surface area contributed by atoms with E-state index in [1.54, 1.807) is 0 Å². The highest BCUT2D eigenvalue weighted by atomic mass is 32.1. The molecule has 126 valence electrons. The Morgan fingerprint density at radius 3 is 2.48 bits per heavy atom. The zero-order valence-corrected chi connectivity index (χ0v) is 13.7. The maximum Gasteiger partial charge on any atom is 0.251 e. The van der Waals surface area contributed by atoms with Crippen LogP contribution in [0.2, 0.25) is 0 Å². The summed E-state index contributed by atoms with van der Waals surface area (Å²) in [5.41, 5.74) is 1.13. The van der Waals surface area contributed by atoms with Crippen LogP contribution in [0.15, 0.2) is 54.6 Å². The molecule has 6 nitrogen and oxygen atoms in total. The lowest BCUT2D eigenvalue weighted by atomic mass is 10.2. The number of aromatic nitrogens is 2. The van der Waals surface area contributed by atoms with Gasteiger partial charge in [-0.25, -0.2) is 4.39 Å². The van der Waals surface area contributed by atoms with E-state index in [9.17, 15) is 14.0 Å². The molecule has 0 radical (unpaired) electrons. The molecule has 0 aliphatic carbocycles. The first-order valence-electron chi connectivity index (χ1n) is 7.34. The quantitative estimate of drug-likeness (QED) is 0.736. The number of nitrogens with one attached hydrogen (secondary N) is 2. The lowest BCUT2D eigenvalue weighted by Crippen LogP contribution is -2.32. The van der Waals surface area contributed by atoms with E-state index >= 15 is 0 Å². The zero-order chi connectivity index (χ0) is 17.6. The van der Waals surface area contributed by atoms with Crippen molar-refractivity contribution in [1.82, 2.24) is 14.7 Å². The summed E-state index contributed by atoms with van der Waals surface area (Å²) >= 11 is 1.06. The van der Waals surface area contributed by atoms with E-state index in [1.807, 2.05) is 30.3 Å². The van der Waals surface area contributed by atoms with E-state index < -0.39 is 17.6 Å². The molecule has 8 heteroatoms. The van der Waals surface area contributed by atoms with Gasteiger partial charge in [0.1, 0.15) is 5.82 Å². The Morgan fingerprint density at radius 2 is 1.76 bits per heavy atom. The van der Waals surface area contributed by atoms with Crippen LogP contribution in [0.25, 0.3) is 11.4 Å². The summed E-state index contributed by atoms with van der Waals surface area (Å²) in [5, 5.41) is 5.39. The average molecular weight is 356 g/mol. The van der Waals surface area contributed by atoms with Crippen molar-refractivity contribution in [2.75, 3.05) is 11.9 Å². The third kappa shape index (κ3) is 4.45. The number of carbonyl (C=O) groups excluding carboxylic acids is 2. The lowest BCUT2D eigenvalue weighted by Gasteiger charge is -2.04. The summed E-state index contributed by atoms with van der Waals surface area (Å²) in [7, 11) is 0. The van der Waals surface area contributed by atoms with Gasteiger partial charge in [0.15, 0.2) is 5.82 Å². The van der Waals surface area contributed by atoms with Crippen molar-refractivity contribution in [3.63, 3.8) is 0 Å². The fraction of sp³-hybridized carbons (Fsp3) is 0.0588. The van der Waals surface area contributed by atoms with Gasteiger partial charge < -0.3 is 5.32 Å². The normalized spacial score (nSPS) is 10.3. The number of amides is 2. The molecule has 0 saturated heterocycles. The molecule has 2 amide bonds. The highest BCUT2D eigenvalue weighted by Crippen LogP contribution is 2.20. The van der Waals surface area contributed by atoms with E-state index in [4.69, 9.17) is 0 Å². The fourth-order valence-corrected chi connectivity index (χ4v) is 2.61. The van der Waals surface area contributed by atoms with Crippen molar-refractivity contribution in [3.05, 3.63) is 66.0 Å². The molecule has 3 aromatic rings. The number of carbonyl (C=O) groups is 2. The van der Waals surface area contributed by atoms with Gasteiger partial charge in [0.25, 0.3) is 5.91 Å². The number of rotatable bonds is 5. The maximum absolute atomic E-state index is 12.8. The van der Waals surface area contributed by atoms with Gasteiger partial charge >= 0.3 is 0 Å². The van der Waals surface area contributed by atoms with Gasteiger partial charge in [-0.05, 0) is 24.3 Å². The van der Waals surface area contributed by atoms with Crippen molar-refractivity contribution in [2.24, 2.45) is 0 Å². The van der Waals surface area contributed by atoms with Gasteiger partial charge in [-0.3, -0.25) is 14.9 Å². The Hall–Kier alpha value is -3.13. The second-order valence-electron chi connectivity index (χ2n) is 5.03. The van der Waals surface area contributed by atoms with Crippen molar-refractivity contribution in [1.29, 1.82) is 0 Å². The standard InChI is InChI=1S/C17H13FN4O2S/c18-13-8-6-12(7-9-13)16(24)19-10-14(23)20-17-21-15(22-25-17)11-4-2-1-3-5-11/h1-9H,10H2,(H,19,24)(H,20,21,22,23). The predicted octanol–water partition coefficient (Wildman–Crippen LogP) is 2.71. The SMILES string of the molecule is O=C(CNC(=O)c1ccc(F)cc1)Nc1nc(-c2ccccc2)ns1. The molecule has 0 spiro atoms. The summed E-state index contributed by atoms with van der Waals surface area (Å²) in [6.45, 7) is -0.226. The minimum atomic E-state index is -0.461. The van der Waals surface area contributed by atoms with Crippen LogP contribution in [0.5, 0.6) is 0 Å². The molecule has 2 N–H and O–H groups in total. The molecule has 0 unspecified atom stereocenters. The Bertz CT molecular complexity index is 881. The number of hydrogen-bond acceptors (Lipinski definition) is 5. The van der Waals surface area contributed by atoms with Gasteiger partial charge in [-0.15, -0.1) is 0 Å². The van der Waals surface area contributed by atoms with Crippen LogP contribution in [0.4, 0.5) is 9.52 Å². The summed E-state index contributed by atoms with van der Waals surface area (Å²) in [6.07, 6.45) is 0. The third-order valence-electron chi connectivity index (χ3n) is 3.22. The Balaban J connectivity index is 1.54. The van der Waals surface area contributed by atoms with Crippen LogP contribution < -0.4 is 10.6 Å². The molecular weight excluding hydrogens is 343 g/mol. The number of halogens is 1. The number of anilines is 1. The van der Waals surface area contributed by atoms with Crippen LogP contribution in [0.3, 0.4) is 0 Å². The first-order valence-corrected chi connectivity index (χ1v) is 8.12. The van der Waals surface area contributed by atoms with Crippen molar-refractivity contribution < 1.29 is 14.0 Å². The molecular formula is C17H13FN4O2S. The van der Waals surface area contributed by atoms with Crippen molar-refractivity contribution >= 4 is 28.5 Å². The van der Waals surface area contributed by atoms with Crippen LogP contribution in [0.1, 0.15) is 10.4 Å². The van der Waals surface area contributed by atoms with E-state index in [0.717, 1.165) is 17.1 Å². The molecule has 0 bridgehead atoms. The minimum Gasteiger partial charge on any atom is -0.343 e. The third-order valence-corrected chi connectivity index (χ3v) is 3.85. The van der Waals surface area contributed by atoms with E-state index in [1.165, 1.54) is 24.3 Å². The van der Waals surface area contributed by atoms with E-state index in [-0.39, 0.29) is 12.1 Å². The smallest absolute Gasteiger partial charge is 0.251 e. The monoisotopic (exact) mass is 356 g/mol. The summed E-state index contributed by atoms with van der Waals surface area (Å²) in [4.78, 5) is 28.0. The van der Waals surface area contributed by atoms with Gasteiger partial charge in [0.2, 0.25) is 11.0 Å². The van der Waals surface area contributed by atoms with Gasteiger partial charge in [0.05, 0.1) is 6.54 Å². The highest BCUT2D eigenvalue weighted by Gasteiger charge is 2.11. The lowest BCUT2D eigenvalue weighted by molar-refractivity contribution is -0.115. The molecule has 2 aromatic carbocycles. The Kier molecular flexibility index (Phi) is 5.10. The molecule has 0 aliphatic rings. The maximum atomic E-state index is 12.8. The van der Waals surface area contributed by atoms with Crippen LogP contribution >= 0.6 is 11.5 Å². The molecule has 1 heterocycles. The molecule has 0 saturated carbocycles. The van der Waals surface area contributed by atoms with Gasteiger partial charge in [-0.1, -0.05) is 30.3 Å². The molecule has 25 heavy (non-hydrogen) atoms. The van der Waals surface area contributed by atoms with Gasteiger partial charge in [0, 0.05) is 22.7 Å². The predicted molar refractivity (Wildman–Crippen MR) is 92.7 cm³/mol. The summed E-state index contributed by atoms with van der Waals surface area (Å²) in [6, 6.07) is 14.4.